The Morgan fingerprint density at radius 3 is 2.58 bits per heavy atom. The van der Waals surface area contributed by atoms with Gasteiger partial charge in [0.1, 0.15) is 18.0 Å². The molecule has 3 aromatic rings. The van der Waals surface area contributed by atoms with Crippen LogP contribution in [0.2, 0.25) is 0 Å². The lowest BCUT2D eigenvalue weighted by Gasteiger charge is -2.22. The Kier molecular flexibility index (Phi) is 4.65. The van der Waals surface area contributed by atoms with Crippen LogP contribution in [-0.4, -0.2) is 25.3 Å². The van der Waals surface area contributed by atoms with E-state index in [1.807, 2.05) is 34.9 Å². The van der Waals surface area contributed by atoms with Crippen molar-refractivity contribution in [2.75, 3.05) is 0 Å². The highest BCUT2D eigenvalue weighted by molar-refractivity contribution is 7.71. The van der Waals surface area contributed by atoms with E-state index in [0.29, 0.717) is 29.6 Å². The number of benzene rings is 2. The fourth-order valence-electron chi connectivity index (χ4n) is 2.97. The van der Waals surface area contributed by atoms with Crippen LogP contribution >= 0.6 is 12.2 Å². The second kappa shape index (κ2) is 7.09. The van der Waals surface area contributed by atoms with Gasteiger partial charge in [0.15, 0.2) is 0 Å². The van der Waals surface area contributed by atoms with Gasteiger partial charge in [-0.2, -0.15) is 5.10 Å². The molecule has 4 rings (SSSR count). The summed E-state index contributed by atoms with van der Waals surface area (Å²) in [7, 11) is 0. The van der Waals surface area contributed by atoms with E-state index in [1.54, 1.807) is 11.0 Å². The van der Waals surface area contributed by atoms with Crippen LogP contribution in [0, 0.1) is 16.4 Å². The van der Waals surface area contributed by atoms with Gasteiger partial charge in [0.2, 0.25) is 4.77 Å². The summed E-state index contributed by atoms with van der Waals surface area (Å²) in [5, 5.41) is 4.40. The lowest BCUT2D eigenvalue weighted by Crippen LogP contribution is -2.29. The molecule has 1 heterocycles. The van der Waals surface area contributed by atoms with Crippen molar-refractivity contribution < 1.29 is 8.78 Å². The largest absolute Gasteiger partial charge is 0.277 e. The van der Waals surface area contributed by atoms with Gasteiger partial charge >= 0.3 is 0 Å². The molecule has 1 aromatic heterocycles. The summed E-state index contributed by atoms with van der Waals surface area (Å²) in [4.78, 5) is 2.13. The van der Waals surface area contributed by atoms with Crippen molar-refractivity contribution in [3.05, 3.63) is 76.8 Å². The second-order valence-electron chi connectivity index (χ2n) is 6.47. The van der Waals surface area contributed by atoms with Crippen LogP contribution in [0.15, 0.2) is 54.9 Å². The zero-order valence-corrected chi connectivity index (χ0v) is 14.9. The minimum absolute atomic E-state index is 0.378. The molecule has 26 heavy (non-hydrogen) atoms. The molecule has 0 amide bonds. The van der Waals surface area contributed by atoms with Crippen LogP contribution in [0.5, 0.6) is 0 Å². The van der Waals surface area contributed by atoms with Gasteiger partial charge in [0, 0.05) is 29.9 Å². The van der Waals surface area contributed by atoms with Gasteiger partial charge in [0.25, 0.3) is 0 Å². The lowest BCUT2D eigenvalue weighted by atomic mass is 10.2. The van der Waals surface area contributed by atoms with Crippen LogP contribution < -0.4 is 0 Å². The Morgan fingerprint density at radius 1 is 1.12 bits per heavy atom. The lowest BCUT2D eigenvalue weighted by molar-refractivity contribution is 0.184. The Morgan fingerprint density at radius 2 is 1.88 bits per heavy atom. The average molecular weight is 372 g/mol. The molecule has 1 aliphatic rings. The SMILES string of the molecule is Fc1ccc(CN(Cn2ncn(-c3ccccc3)c2=S)C2CC2)c(F)c1. The molecule has 0 N–H and O–H groups in total. The van der Waals surface area contributed by atoms with Crippen molar-refractivity contribution in [3.8, 4) is 5.69 Å². The van der Waals surface area contributed by atoms with Crippen LogP contribution in [-0.2, 0) is 13.2 Å². The average Bonchev–Trinajstić information content (AvgIpc) is 3.42. The fourth-order valence-corrected chi connectivity index (χ4v) is 3.23. The third-order valence-corrected chi connectivity index (χ3v) is 4.94. The molecule has 4 nitrogen and oxygen atoms in total. The zero-order valence-electron chi connectivity index (χ0n) is 14.1. The van der Waals surface area contributed by atoms with Gasteiger partial charge in [-0.1, -0.05) is 24.3 Å². The Balaban J connectivity index is 1.56. The molecule has 0 radical (unpaired) electrons. The molecule has 0 saturated heterocycles. The summed E-state index contributed by atoms with van der Waals surface area (Å²) in [6.45, 7) is 0.872. The summed E-state index contributed by atoms with van der Waals surface area (Å²) >= 11 is 5.55. The molecule has 1 aliphatic carbocycles. The Labute approximate surface area is 155 Å². The highest BCUT2D eigenvalue weighted by Gasteiger charge is 2.30. The molecule has 134 valence electrons. The van der Waals surface area contributed by atoms with Gasteiger partial charge in [0.05, 0.1) is 6.67 Å². The van der Waals surface area contributed by atoms with Crippen molar-refractivity contribution >= 4 is 12.2 Å². The van der Waals surface area contributed by atoms with Crippen LogP contribution in [0.4, 0.5) is 8.78 Å². The third-order valence-electron chi connectivity index (χ3n) is 4.54. The van der Waals surface area contributed by atoms with E-state index in [4.69, 9.17) is 12.2 Å². The number of aromatic nitrogens is 3. The maximum Gasteiger partial charge on any atom is 0.203 e. The quantitative estimate of drug-likeness (QED) is 0.603. The topological polar surface area (TPSA) is 26.0 Å². The summed E-state index contributed by atoms with van der Waals surface area (Å²) in [6.07, 6.45) is 3.83. The van der Waals surface area contributed by atoms with Gasteiger partial charge in [-0.05, 0) is 43.3 Å². The smallest absolute Gasteiger partial charge is 0.203 e. The highest BCUT2D eigenvalue weighted by atomic mass is 32.1. The Hall–Kier alpha value is -2.38. The van der Waals surface area contributed by atoms with E-state index >= 15 is 0 Å². The summed E-state index contributed by atoms with van der Waals surface area (Å²) < 4.78 is 31.3. The summed E-state index contributed by atoms with van der Waals surface area (Å²) in [6, 6.07) is 13.9. The molecule has 0 spiro atoms. The maximum atomic E-state index is 14.0. The first-order valence-electron chi connectivity index (χ1n) is 8.49. The number of hydrogen-bond donors (Lipinski definition) is 0. The van der Waals surface area contributed by atoms with E-state index in [9.17, 15) is 8.78 Å². The number of nitrogens with zero attached hydrogens (tertiary/aromatic N) is 4. The summed E-state index contributed by atoms with van der Waals surface area (Å²) in [5.41, 5.74) is 1.43. The molecule has 2 aromatic carbocycles. The predicted octanol–water partition coefficient (Wildman–Crippen LogP) is 4.30. The van der Waals surface area contributed by atoms with Gasteiger partial charge in [-0.25, -0.2) is 13.5 Å². The van der Waals surface area contributed by atoms with Gasteiger partial charge < -0.3 is 0 Å². The first-order chi connectivity index (χ1) is 12.6. The minimum atomic E-state index is -0.562. The number of rotatable bonds is 6. The molecular weight excluding hydrogens is 354 g/mol. The first-order valence-corrected chi connectivity index (χ1v) is 8.90. The van der Waals surface area contributed by atoms with E-state index in [1.165, 1.54) is 12.1 Å². The predicted molar refractivity (Wildman–Crippen MR) is 97.3 cm³/mol. The Bertz CT molecular complexity index is 963. The maximum absolute atomic E-state index is 14.0. The zero-order chi connectivity index (χ0) is 18.1. The monoisotopic (exact) mass is 372 g/mol. The van der Waals surface area contributed by atoms with E-state index in [-0.39, 0.29) is 0 Å². The van der Waals surface area contributed by atoms with Crippen LogP contribution in [0.3, 0.4) is 0 Å². The molecule has 0 aliphatic heterocycles. The van der Waals surface area contributed by atoms with Crippen molar-refractivity contribution in [1.29, 1.82) is 0 Å². The van der Waals surface area contributed by atoms with Crippen molar-refractivity contribution in [2.45, 2.75) is 32.1 Å². The van der Waals surface area contributed by atoms with E-state index in [0.717, 1.165) is 24.6 Å². The molecule has 0 unspecified atom stereocenters. The molecule has 0 atom stereocenters. The first kappa shape index (κ1) is 17.1. The van der Waals surface area contributed by atoms with Crippen molar-refractivity contribution in [1.82, 2.24) is 19.2 Å². The van der Waals surface area contributed by atoms with Gasteiger partial charge in [-0.15, -0.1) is 0 Å². The fraction of sp³-hybridized carbons (Fsp3) is 0.263. The van der Waals surface area contributed by atoms with Crippen molar-refractivity contribution in [3.63, 3.8) is 0 Å². The normalized spacial score (nSPS) is 14.1. The minimum Gasteiger partial charge on any atom is -0.277 e. The second-order valence-corrected chi connectivity index (χ2v) is 6.84. The molecule has 1 fully saturated rings. The number of hydrogen-bond acceptors (Lipinski definition) is 3. The third kappa shape index (κ3) is 3.59. The standard InChI is InChI=1S/C19H18F2N4S/c20-15-7-6-14(18(21)10-15)11-23(16-8-9-16)13-25-19(26)24(12-22-25)17-4-2-1-3-5-17/h1-7,10,12,16H,8-9,11,13H2. The molecular formula is C19H18F2N4S. The number of halogens is 2. The van der Waals surface area contributed by atoms with E-state index < -0.39 is 11.6 Å². The van der Waals surface area contributed by atoms with Crippen LogP contribution in [0.1, 0.15) is 18.4 Å². The molecule has 1 saturated carbocycles. The van der Waals surface area contributed by atoms with Crippen molar-refractivity contribution in [2.24, 2.45) is 0 Å². The molecule has 0 bridgehead atoms. The van der Waals surface area contributed by atoms with E-state index in [2.05, 4.69) is 10.00 Å². The molecule has 7 heteroatoms. The van der Waals surface area contributed by atoms with Gasteiger partial charge in [-0.3, -0.25) is 9.47 Å². The van der Waals surface area contributed by atoms with Crippen LogP contribution in [0.25, 0.3) is 5.69 Å². The number of para-hydroxylation sites is 1. The summed E-state index contributed by atoms with van der Waals surface area (Å²) in [5.74, 6) is -1.08. The highest BCUT2D eigenvalue weighted by Crippen LogP contribution is 2.29.